The van der Waals surface area contributed by atoms with Gasteiger partial charge in [0.15, 0.2) is 0 Å². The second-order valence-corrected chi connectivity index (χ2v) is 5.42. The Morgan fingerprint density at radius 1 is 1.24 bits per heavy atom. The summed E-state index contributed by atoms with van der Waals surface area (Å²) in [6.45, 7) is 5.75. The molecule has 0 radical (unpaired) electrons. The largest absolute Gasteiger partial charge is 0.312 e. The lowest BCUT2D eigenvalue weighted by Crippen LogP contribution is -2.39. The van der Waals surface area contributed by atoms with Crippen LogP contribution in [0.1, 0.15) is 37.3 Å². The van der Waals surface area contributed by atoms with Crippen molar-refractivity contribution in [1.82, 2.24) is 10.2 Å². The maximum Gasteiger partial charge on any atom is 0.0244 e. The van der Waals surface area contributed by atoms with Crippen molar-refractivity contribution in [3.05, 3.63) is 35.4 Å². The van der Waals surface area contributed by atoms with Gasteiger partial charge in [0, 0.05) is 31.7 Å². The molecule has 0 spiro atoms. The van der Waals surface area contributed by atoms with Gasteiger partial charge in [0.2, 0.25) is 0 Å². The van der Waals surface area contributed by atoms with Crippen LogP contribution in [0, 0.1) is 0 Å². The number of rotatable bonds is 5. The number of benzene rings is 1. The minimum absolute atomic E-state index is 0.697. The molecule has 0 amide bonds. The van der Waals surface area contributed by atoms with Gasteiger partial charge in [-0.3, -0.25) is 4.90 Å². The highest BCUT2D eigenvalue weighted by atomic mass is 15.2. The number of nitrogens with one attached hydrogen (secondary N) is 1. The first-order valence-corrected chi connectivity index (χ1v) is 6.91. The molecule has 2 aliphatic rings. The van der Waals surface area contributed by atoms with Gasteiger partial charge in [0.25, 0.3) is 0 Å². The summed E-state index contributed by atoms with van der Waals surface area (Å²) in [7, 11) is 0. The zero-order valence-corrected chi connectivity index (χ0v) is 10.7. The lowest BCUT2D eigenvalue weighted by molar-refractivity contribution is 0.188. The summed E-state index contributed by atoms with van der Waals surface area (Å²) in [6, 6.07) is 10.4. The Balaban J connectivity index is 1.60. The van der Waals surface area contributed by atoms with Gasteiger partial charge in [0.1, 0.15) is 0 Å². The molecule has 1 aliphatic carbocycles. The van der Waals surface area contributed by atoms with Crippen molar-refractivity contribution in [2.24, 2.45) is 0 Å². The predicted octanol–water partition coefficient (Wildman–Crippen LogP) is 2.53. The first-order chi connectivity index (χ1) is 8.36. The van der Waals surface area contributed by atoms with E-state index in [4.69, 9.17) is 0 Å². The molecule has 1 saturated carbocycles. The summed E-state index contributed by atoms with van der Waals surface area (Å²) in [6.07, 6.45) is 4.01. The van der Waals surface area contributed by atoms with Crippen molar-refractivity contribution in [1.29, 1.82) is 0 Å². The summed E-state index contributed by atoms with van der Waals surface area (Å²) in [5, 5.41) is 3.67. The number of fused-ring (bicyclic) bond motifs is 1. The Bertz CT molecular complexity index is 359. The van der Waals surface area contributed by atoms with Crippen molar-refractivity contribution >= 4 is 0 Å². The molecule has 1 aromatic carbocycles. The highest BCUT2D eigenvalue weighted by Gasteiger charge is 2.27. The van der Waals surface area contributed by atoms with Crippen LogP contribution in [0.25, 0.3) is 0 Å². The van der Waals surface area contributed by atoms with Crippen LogP contribution in [-0.4, -0.2) is 23.5 Å². The SMILES string of the molecule is CCC(CNC1CC1)N1Cc2ccccc2C1. The Morgan fingerprint density at radius 3 is 2.41 bits per heavy atom. The number of hydrogen-bond donors (Lipinski definition) is 1. The van der Waals surface area contributed by atoms with Crippen LogP contribution in [-0.2, 0) is 13.1 Å². The first-order valence-electron chi connectivity index (χ1n) is 6.91. The fourth-order valence-corrected chi connectivity index (χ4v) is 2.74. The standard InChI is InChI=1S/C15H22N2/c1-2-15(9-16-14-7-8-14)17-10-12-5-3-4-6-13(12)11-17/h3-6,14-16H,2,7-11H2,1H3. The summed E-state index contributed by atoms with van der Waals surface area (Å²) in [5.41, 5.74) is 3.05. The molecule has 1 atom stereocenters. The quantitative estimate of drug-likeness (QED) is 0.836. The van der Waals surface area contributed by atoms with Gasteiger partial charge in [-0.15, -0.1) is 0 Å². The van der Waals surface area contributed by atoms with Gasteiger partial charge < -0.3 is 5.32 Å². The normalized spacial score (nSPS) is 21.5. The molecular formula is C15H22N2. The van der Waals surface area contributed by atoms with Crippen LogP contribution in [0.3, 0.4) is 0 Å². The van der Waals surface area contributed by atoms with Gasteiger partial charge in [-0.05, 0) is 30.4 Å². The molecule has 2 heteroatoms. The van der Waals surface area contributed by atoms with Gasteiger partial charge in [-0.2, -0.15) is 0 Å². The van der Waals surface area contributed by atoms with Gasteiger partial charge in [0.05, 0.1) is 0 Å². The Labute approximate surface area is 104 Å². The van der Waals surface area contributed by atoms with Crippen molar-refractivity contribution in [3.63, 3.8) is 0 Å². The zero-order valence-electron chi connectivity index (χ0n) is 10.7. The Kier molecular flexibility index (Phi) is 3.17. The van der Waals surface area contributed by atoms with E-state index in [1.54, 1.807) is 0 Å². The molecular weight excluding hydrogens is 208 g/mol. The van der Waals surface area contributed by atoms with Crippen LogP contribution in [0.15, 0.2) is 24.3 Å². The third-order valence-corrected chi connectivity index (χ3v) is 4.07. The molecule has 92 valence electrons. The molecule has 1 unspecified atom stereocenters. The maximum atomic E-state index is 3.67. The Morgan fingerprint density at radius 2 is 1.88 bits per heavy atom. The van der Waals surface area contributed by atoms with Crippen LogP contribution < -0.4 is 5.32 Å². The van der Waals surface area contributed by atoms with E-state index >= 15 is 0 Å². The number of nitrogens with zero attached hydrogens (tertiary/aromatic N) is 1. The lowest BCUT2D eigenvalue weighted by atomic mass is 10.1. The van der Waals surface area contributed by atoms with Crippen LogP contribution >= 0.6 is 0 Å². The molecule has 2 nitrogen and oxygen atoms in total. The summed E-state index contributed by atoms with van der Waals surface area (Å²) in [5.74, 6) is 0. The maximum absolute atomic E-state index is 3.67. The Hall–Kier alpha value is -0.860. The molecule has 0 aromatic heterocycles. The second kappa shape index (κ2) is 4.79. The van der Waals surface area contributed by atoms with E-state index in [2.05, 4.69) is 41.4 Å². The van der Waals surface area contributed by atoms with Crippen molar-refractivity contribution in [2.45, 2.75) is 51.4 Å². The van der Waals surface area contributed by atoms with E-state index in [0.29, 0.717) is 6.04 Å². The van der Waals surface area contributed by atoms with Crippen LogP contribution in [0.2, 0.25) is 0 Å². The van der Waals surface area contributed by atoms with E-state index in [9.17, 15) is 0 Å². The van der Waals surface area contributed by atoms with E-state index < -0.39 is 0 Å². The number of hydrogen-bond acceptors (Lipinski definition) is 2. The fourth-order valence-electron chi connectivity index (χ4n) is 2.74. The average Bonchev–Trinajstić information content (AvgIpc) is 3.08. The average molecular weight is 230 g/mol. The molecule has 1 fully saturated rings. The van der Waals surface area contributed by atoms with Gasteiger partial charge >= 0.3 is 0 Å². The monoisotopic (exact) mass is 230 g/mol. The minimum Gasteiger partial charge on any atom is -0.312 e. The molecule has 0 bridgehead atoms. The summed E-state index contributed by atoms with van der Waals surface area (Å²) >= 11 is 0. The fraction of sp³-hybridized carbons (Fsp3) is 0.600. The minimum atomic E-state index is 0.697. The molecule has 1 N–H and O–H groups in total. The first kappa shape index (κ1) is 11.2. The summed E-state index contributed by atoms with van der Waals surface area (Å²) in [4.78, 5) is 2.63. The molecule has 1 heterocycles. The lowest BCUT2D eigenvalue weighted by Gasteiger charge is -2.26. The van der Waals surface area contributed by atoms with Crippen LogP contribution in [0.5, 0.6) is 0 Å². The summed E-state index contributed by atoms with van der Waals surface area (Å²) < 4.78 is 0. The molecule has 3 rings (SSSR count). The molecule has 0 saturated heterocycles. The van der Waals surface area contributed by atoms with E-state index in [-0.39, 0.29) is 0 Å². The van der Waals surface area contributed by atoms with Gasteiger partial charge in [-0.25, -0.2) is 0 Å². The molecule has 17 heavy (non-hydrogen) atoms. The topological polar surface area (TPSA) is 15.3 Å². The highest BCUT2D eigenvalue weighted by Crippen LogP contribution is 2.25. The van der Waals surface area contributed by atoms with Gasteiger partial charge in [-0.1, -0.05) is 31.2 Å². The second-order valence-electron chi connectivity index (χ2n) is 5.42. The molecule has 1 aliphatic heterocycles. The van der Waals surface area contributed by atoms with E-state index in [1.165, 1.54) is 30.4 Å². The van der Waals surface area contributed by atoms with E-state index in [0.717, 1.165) is 25.7 Å². The molecule has 1 aromatic rings. The van der Waals surface area contributed by atoms with Crippen LogP contribution in [0.4, 0.5) is 0 Å². The third kappa shape index (κ3) is 2.53. The smallest absolute Gasteiger partial charge is 0.0244 e. The third-order valence-electron chi connectivity index (χ3n) is 4.07. The van der Waals surface area contributed by atoms with Crippen molar-refractivity contribution in [3.8, 4) is 0 Å². The van der Waals surface area contributed by atoms with E-state index in [1.807, 2.05) is 0 Å². The predicted molar refractivity (Wildman–Crippen MR) is 70.8 cm³/mol. The zero-order chi connectivity index (χ0) is 11.7. The highest BCUT2D eigenvalue weighted by molar-refractivity contribution is 5.30. The van der Waals surface area contributed by atoms with Crippen molar-refractivity contribution < 1.29 is 0 Å². The van der Waals surface area contributed by atoms with Crippen molar-refractivity contribution in [2.75, 3.05) is 6.54 Å².